The highest BCUT2D eigenvalue weighted by Crippen LogP contribution is 2.53. The average molecular weight is 537 g/mol. The number of likely N-dealkylation sites (N-methyl/N-ethyl adjacent to an activating group) is 1. The van der Waals surface area contributed by atoms with Crippen molar-refractivity contribution in [1.82, 2.24) is 9.47 Å². The number of allylic oxidation sites excluding steroid dienone is 4. The zero-order valence-electron chi connectivity index (χ0n) is 21.4. The van der Waals surface area contributed by atoms with Gasteiger partial charge in [0.25, 0.3) is 10.1 Å². The van der Waals surface area contributed by atoms with Gasteiger partial charge < -0.3 is 9.47 Å². The third-order valence-corrected chi connectivity index (χ3v) is 9.78. The maximum Gasteiger partial charge on any atom is 0.297 e. The van der Waals surface area contributed by atoms with Gasteiger partial charge in [-0.25, -0.2) is 0 Å². The van der Waals surface area contributed by atoms with Crippen molar-refractivity contribution in [1.29, 1.82) is 0 Å². The molecule has 0 bridgehead atoms. The van der Waals surface area contributed by atoms with Gasteiger partial charge in [-0.3, -0.25) is 8.98 Å². The molecular formula is C29H32N2O4S2. The van der Waals surface area contributed by atoms with Crippen LogP contribution in [0.1, 0.15) is 48.8 Å². The Morgan fingerprint density at radius 3 is 2.57 bits per heavy atom. The molecule has 37 heavy (non-hydrogen) atoms. The minimum absolute atomic E-state index is 0.00451. The molecule has 5 rings (SSSR count). The number of rotatable bonds is 8. The molecule has 0 radical (unpaired) electrons. The molecule has 2 aliphatic rings. The van der Waals surface area contributed by atoms with Crippen LogP contribution in [0.25, 0.3) is 16.5 Å². The Balaban J connectivity index is 1.56. The highest BCUT2D eigenvalue weighted by molar-refractivity contribution is 8.04. The molecule has 2 aromatic carbocycles. The van der Waals surface area contributed by atoms with Crippen LogP contribution >= 0.6 is 11.8 Å². The Bertz CT molecular complexity index is 1500. The number of hydrogen-bond acceptors (Lipinski definition) is 5. The fourth-order valence-corrected chi connectivity index (χ4v) is 7.50. The number of carbonyl (C=O) groups is 1. The molecule has 1 unspecified atom stereocenters. The predicted octanol–water partition coefficient (Wildman–Crippen LogP) is 6.07. The molecule has 0 fully saturated rings. The van der Waals surface area contributed by atoms with Crippen molar-refractivity contribution in [2.45, 2.75) is 50.3 Å². The van der Waals surface area contributed by atoms with E-state index in [0.717, 1.165) is 46.1 Å². The fourth-order valence-electron chi connectivity index (χ4n) is 5.18. The standard InChI is InChI=1S/C29H32N2O4S2/c1-4-30(5-2)29(32)28-26-22-10-6-8-12-24(22)31(27(26)23-11-7-9-13-25(23)36-28)18-19-35-37(33,34)21-16-14-20(3)15-17-21/h6-8,10-12,14-17,28H,4-5,9,13,18-19H2,1-3H3. The summed E-state index contributed by atoms with van der Waals surface area (Å²) in [5.41, 5.74) is 5.12. The second kappa shape index (κ2) is 10.5. The van der Waals surface area contributed by atoms with Crippen LogP contribution in [0.15, 0.2) is 70.5 Å². The summed E-state index contributed by atoms with van der Waals surface area (Å²) in [6.45, 7) is 7.61. The number of hydrogen-bond donors (Lipinski definition) is 0. The minimum Gasteiger partial charge on any atom is -0.342 e. The third-order valence-electron chi connectivity index (χ3n) is 7.07. The van der Waals surface area contributed by atoms with Crippen molar-refractivity contribution in [3.05, 3.63) is 82.4 Å². The van der Waals surface area contributed by atoms with Gasteiger partial charge >= 0.3 is 0 Å². The van der Waals surface area contributed by atoms with E-state index in [4.69, 9.17) is 4.18 Å². The smallest absolute Gasteiger partial charge is 0.297 e. The van der Waals surface area contributed by atoms with Gasteiger partial charge in [0, 0.05) is 41.7 Å². The lowest BCUT2D eigenvalue weighted by atomic mass is 9.96. The lowest BCUT2D eigenvalue weighted by Gasteiger charge is -2.31. The summed E-state index contributed by atoms with van der Waals surface area (Å²) in [4.78, 5) is 17.0. The van der Waals surface area contributed by atoms with Crippen molar-refractivity contribution in [2.75, 3.05) is 19.7 Å². The topological polar surface area (TPSA) is 68.6 Å². The molecular weight excluding hydrogens is 504 g/mol. The van der Waals surface area contributed by atoms with Gasteiger partial charge in [0.05, 0.1) is 17.2 Å². The van der Waals surface area contributed by atoms with Gasteiger partial charge in [0.2, 0.25) is 5.91 Å². The number of carbonyl (C=O) groups excluding carboxylic acids is 1. The van der Waals surface area contributed by atoms with Crippen LogP contribution in [0.2, 0.25) is 0 Å². The second-order valence-corrected chi connectivity index (χ2v) is 12.1. The summed E-state index contributed by atoms with van der Waals surface area (Å²) in [6.07, 6.45) is 6.18. The zero-order valence-corrected chi connectivity index (χ0v) is 23.1. The summed E-state index contributed by atoms with van der Waals surface area (Å²) < 4.78 is 33.3. The number of fused-ring (bicyclic) bond motifs is 4. The summed E-state index contributed by atoms with van der Waals surface area (Å²) >= 11 is 1.68. The second-order valence-electron chi connectivity index (χ2n) is 9.31. The first-order valence-electron chi connectivity index (χ1n) is 12.8. The maximum atomic E-state index is 13.7. The van der Waals surface area contributed by atoms with Crippen LogP contribution in [-0.4, -0.2) is 43.5 Å². The van der Waals surface area contributed by atoms with E-state index in [1.54, 1.807) is 36.0 Å². The lowest BCUT2D eigenvalue weighted by Crippen LogP contribution is -2.35. The molecule has 0 saturated carbocycles. The van der Waals surface area contributed by atoms with E-state index >= 15 is 0 Å². The fraction of sp³-hybridized carbons (Fsp3) is 0.345. The van der Waals surface area contributed by atoms with Crippen LogP contribution in [0.3, 0.4) is 0 Å². The largest absolute Gasteiger partial charge is 0.342 e. The van der Waals surface area contributed by atoms with E-state index in [0.29, 0.717) is 19.6 Å². The molecule has 2 heterocycles. The van der Waals surface area contributed by atoms with Gasteiger partial charge in [-0.1, -0.05) is 48.0 Å². The molecule has 1 aliphatic heterocycles. The van der Waals surface area contributed by atoms with Crippen molar-refractivity contribution < 1.29 is 17.4 Å². The Morgan fingerprint density at radius 2 is 1.84 bits per heavy atom. The minimum atomic E-state index is -3.87. The summed E-state index contributed by atoms with van der Waals surface area (Å²) in [6, 6.07) is 14.8. The van der Waals surface area contributed by atoms with Gasteiger partial charge in [-0.15, -0.1) is 11.8 Å². The Labute approximate surface area is 223 Å². The average Bonchev–Trinajstić information content (AvgIpc) is 3.24. The Hall–Kier alpha value is -2.81. The van der Waals surface area contributed by atoms with Crippen LogP contribution in [0, 0.1) is 6.92 Å². The lowest BCUT2D eigenvalue weighted by molar-refractivity contribution is -0.130. The highest BCUT2D eigenvalue weighted by Gasteiger charge is 2.38. The molecule has 0 N–H and O–H groups in total. The number of nitrogens with zero attached hydrogens (tertiary/aromatic N) is 2. The first-order chi connectivity index (χ1) is 17.9. The van der Waals surface area contributed by atoms with E-state index in [1.807, 2.05) is 43.9 Å². The first-order valence-corrected chi connectivity index (χ1v) is 15.1. The molecule has 6 nitrogen and oxygen atoms in total. The van der Waals surface area contributed by atoms with E-state index < -0.39 is 10.1 Å². The van der Waals surface area contributed by atoms with Crippen molar-refractivity contribution >= 4 is 44.3 Å². The maximum absolute atomic E-state index is 13.7. The Kier molecular flexibility index (Phi) is 7.34. The van der Waals surface area contributed by atoms with E-state index in [2.05, 4.69) is 22.8 Å². The first kappa shape index (κ1) is 25.8. The third kappa shape index (κ3) is 4.78. The van der Waals surface area contributed by atoms with Gasteiger partial charge in [0.15, 0.2) is 0 Å². The van der Waals surface area contributed by atoms with Gasteiger partial charge in [0.1, 0.15) is 5.25 Å². The van der Waals surface area contributed by atoms with Crippen LogP contribution in [0.5, 0.6) is 0 Å². The van der Waals surface area contributed by atoms with Crippen LogP contribution in [0.4, 0.5) is 0 Å². The SMILES string of the molecule is CCN(CC)C(=O)C1SC2=C(C=CCC2)c2c1c1ccccc1n2CCOS(=O)(=O)c1ccc(C)cc1. The number of para-hydroxylation sites is 1. The highest BCUT2D eigenvalue weighted by atomic mass is 32.2. The van der Waals surface area contributed by atoms with Crippen molar-refractivity contribution in [3.63, 3.8) is 0 Å². The molecule has 1 aromatic heterocycles. The van der Waals surface area contributed by atoms with Crippen molar-refractivity contribution in [2.24, 2.45) is 0 Å². The van der Waals surface area contributed by atoms with Crippen molar-refractivity contribution in [3.8, 4) is 0 Å². The number of aryl methyl sites for hydroxylation is 1. The molecule has 1 aliphatic carbocycles. The van der Waals surface area contributed by atoms with E-state index in [-0.39, 0.29) is 22.7 Å². The molecule has 0 spiro atoms. The quantitative estimate of drug-likeness (QED) is 0.327. The zero-order chi connectivity index (χ0) is 26.2. The molecule has 1 amide bonds. The summed E-state index contributed by atoms with van der Waals surface area (Å²) in [5, 5.41) is 0.700. The molecule has 0 saturated heterocycles. The summed E-state index contributed by atoms with van der Waals surface area (Å²) in [5.74, 6) is 0.124. The molecule has 8 heteroatoms. The molecule has 1 atom stereocenters. The number of aromatic nitrogens is 1. The van der Waals surface area contributed by atoms with E-state index in [1.165, 1.54) is 4.91 Å². The van der Waals surface area contributed by atoms with Crippen LogP contribution in [-0.2, 0) is 25.6 Å². The van der Waals surface area contributed by atoms with Gasteiger partial charge in [-0.05, 0) is 56.7 Å². The Morgan fingerprint density at radius 1 is 1.11 bits per heavy atom. The summed E-state index contributed by atoms with van der Waals surface area (Å²) in [7, 11) is -3.87. The number of thioether (sulfide) groups is 1. The molecule has 194 valence electrons. The molecule has 3 aromatic rings. The predicted molar refractivity (Wildman–Crippen MR) is 150 cm³/mol. The number of benzene rings is 2. The van der Waals surface area contributed by atoms with Crippen LogP contribution < -0.4 is 0 Å². The van der Waals surface area contributed by atoms with E-state index in [9.17, 15) is 13.2 Å². The number of amides is 1. The normalized spacial score (nSPS) is 17.1. The van der Waals surface area contributed by atoms with Gasteiger partial charge in [-0.2, -0.15) is 8.42 Å². The monoisotopic (exact) mass is 536 g/mol.